The van der Waals surface area contributed by atoms with Crippen LogP contribution in [0.1, 0.15) is 32.4 Å². The second kappa shape index (κ2) is 7.99. The highest BCUT2D eigenvalue weighted by Gasteiger charge is 2.17. The first kappa shape index (κ1) is 17.9. The van der Waals surface area contributed by atoms with Crippen LogP contribution in [0.25, 0.3) is 5.69 Å². The number of hydrogen-bond donors (Lipinski definition) is 0. The maximum Gasteiger partial charge on any atom is 0.163 e. The summed E-state index contributed by atoms with van der Waals surface area (Å²) < 4.78 is 24.9. The van der Waals surface area contributed by atoms with Gasteiger partial charge in [0, 0.05) is 41.2 Å². The van der Waals surface area contributed by atoms with Gasteiger partial charge in [-0.25, -0.2) is 9.67 Å². The molecule has 0 N–H and O–H groups in total. The number of aromatic nitrogens is 3. The highest BCUT2D eigenvalue weighted by Crippen LogP contribution is 2.32. The Bertz CT molecular complexity index is 758. The van der Waals surface area contributed by atoms with E-state index >= 15 is 0 Å². The van der Waals surface area contributed by atoms with E-state index in [1.807, 2.05) is 29.8 Å². The molecule has 1 aromatic heterocycles. The number of aryl methyl sites for hydroxylation is 1. The number of ether oxygens (including phenoxy) is 2. The molecule has 1 aliphatic heterocycles. The molecule has 0 fully saturated rings. The van der Waals surface area contributed by atoms with Crippen molar-refractivity contribution in [1.82, 2.24) is 14.8 Å². The molecule has 2 aromatic rings. The minimum absolute atomic E-state index is 0.480. The zero-order valence-electron chi connectivity index (χ0n) is 15.0. The van der Waals surface area contributed by atoms with E-state index in [-0.39, 0.29) is 0 Å². The summed E-state index contributed by atoms with van der Waals surface area (Å²) >= 11 is 0. The van der Waals surface area contributed by atoms with Crippen LogP contribution >= 0.6 is 0 Å². The van der Waals surface area contributed by atoms with Gasteiger partial charge in [-0.05, 0) is 18.1 Å². The second-order valence-electron chi connectivity index (χ2n) is 6.46. The van der Waals surface area contributed by atoms with Gasteiger partial charge in [0.05, 0.1) is 5.69 Å². The van der Waals surface area contributed by atoms with E-state index in [2.05, 4.69) is 18.9 Å². The van der Waals surface area contributed by atoms with E-state index in [0.717, 1.165) is 35.3 Å². The highest BCUT2D eigenvalue weighted by molar-refractivity contribution is 7.84. The summed E-state index contributed by atoms with van der Waals surface area (Å²) in [6, 6.07) is 5.80. The highest BCUT2D eigenvalue weighted by atomic mass is 32.2. The number of hydrogen-bond acceptors (Lipinski definition) is 5. The Labute approximate surface area is 151 Å². The molecule has 2 heterocycles. The molecule has 136 valence electrons. The van der Waals surface area contributed by atoms with Crippen LogP contribution in [0.4, 0.5) is 0 Å². The maximum atomic E-state index is 11.8. The normalized spacial score (nSPS) is 14.7. The van der Waals surface area contributed by atoms with Crippen LogP contribution in [0.15, 0.2) is 18.2 Å². The lowest BCUT2D eigenvalue weighted by Gasteiger charge is -2.19. The zero-order chi connectivity index (χ0) is 17.8. The standard InChI is InChI=1S/C18H25N3O3S/c1-4-25(22)10-7-18-19-17(11-13(2)3)20-21(18)14-5-6-15-16(12-14)24-9-8-23-15/h5-6,12-13H,4,7-11H2,1-3H3/t25-/m0/s1. The Hall–Kier alpha value is -1.89. The molecule has 1 atom stereocenters. The number of rotatable bonds is 7. The largest absolute Gasteiger partial charge is 0.486 e. The Morgan fingerprint density at radius 2 is 2.00 bits per heavy atom. The lowest BCUT2D eigenvalue weighted by atomic mass is 10.1. The molecule has 0 radical (unpaired) electrons. The fourth-order valence-corrected chi connectivity index (χ4v) is 3.42. The average molecular weight is 363 g/mol. The van der Waals surface area contributed by atoms with Crippen LogP contribution in [0.3, 0.4) is 0 Å². The summed E-state index contributed by atoms with van der Waals surface area (Å²) in [5, 5.41) is 4.68. The molecule has 0 saturated heterocycles. The molecular formula is C18H25N3O3S. The minimum atomic E-state index is -0.821. The molecule has 0 saturated carbocycles. The van der Waals surface area contributed by atoms with Crippen molar-refractivity contribution >= 4 is 10.8 Å². The molecule has 0 unspecified atom stereocenters. The van der Waals surface area contributed by atoms with Crippen LogP contribution < -0.4 is 9.47 Å². The van der Waals surface area contributed by atoms with Crippen molar-refractivity contribution in [3.8, 4) is 17.2 Å². The van der Waals surface area contributed by atoms with Crippen molar-refractivity contribution in [2.45, 2.75) is 33.6 Å². The van der Waals surface area contributed by atoms with Crippen molar-refractivity contribution in [2.24, 2.45) is 5.92 Å². The Balaban J connectivity index is 1.92. The molecule has 0 spiro atoms. The molecule has 6 nitrogen and oxygen atoms in total. The van der Waals surface area contributed by atoms with Crippen LogP contribution in [-0.2, 0) is 23.6 Å². The van der Waals surface area contributed by atoms with E-state index in [1.54, 1.807) is 0 Å². The number of benzene rings is 1. The zero-order valence-corrected chi connectivity index (χ0v) is 15.8. The van der Waals surface area contributed by atoms with E-state index < -0.39 is 10.8 Å². The van der Waals surface area contributed by atoms with Gasteiger partial charge in [-0.15, -0.1) is 0 Å². The third-order valence-corrected chi connectivity index (χ3v) is 5.26. The minimum Gasteiger partial charge on any atom is -0.486 e. The first-order valence-corrected chi connectivity index (χ1v) is 10.3. The average Bonchev–Trinajstić information content (AvgIpc) is 3.01. The molecule has 0 bridgehead atoms. The summed E-state index contributed by atoms with van der Waals surface area (Å²) in [5.74, 6) is 4.89. The van der Waals surface area contributed by atoms with Gasteiger partial charge in [-0.3, -0.25) is 4.21 Å². The first-order chi connectivity index (χ1) is 12.1. The number of nitrogens with zero attached hydrogens (tertiary/aromatic N) is 3. The summed E-state index contributed by atoms with van der Waals surface area (Å²) in [6.07, 6.45) is 1.46. The fraction of sp³-hybridized carbons (Fsp3) is 0.556. The van der Waals surface area contributed by atoms with Crippen molar-refractivity contribution in [1.29, 1.82) is 0 Å². The fourth-order valence-electron chi connectivity index (χ4n) is 2.73. The summed E-state index contributed by atoms with van der Waals surface area (Å²) in [7, 11) is -0.821. The Morgan fingerprint density at radius 1 is 1.24 bits per heavy atom. The SMILES string of the molecule is CC[S@](=O)CCc1nc(CC(C)C)nn1-c1ccc2c(c1)OCCO2. The third kappa shape index (κ3) is 4.39. The smallest absolute Gasteiger partial charge is 0.163 e. The first-order valence-electron chi connectivity index (χ1n) is 8.76. The predicted octanol–water partition coefficient (Wildman–Crippen LogP) is 2.55. The lowest BCUT2D eigenvalue weighted by molar-refractivity contribution is 0.171. The Morgan fingerprint density at radius 3 is 2.72 bits per heavy atom. The van der Waals surface area contributed by atoms with Gasteiger partial charge in [0.1, 0.15) is 19.0 Å². The topological polar surface area (TPSA) is 66.2 Å². The van der Waals surface area contributed by atoms with Gasteiger partial charge >= 0.3 is 0 Å². The van der Waals surface area contributed by atoms with Crippen LogP contribution in [0.5, 0.6) is 11.5 Å². The summed E-state index contributed by atoms with van der Waals surface area (Å²) in [4.78, 5) is 4.69. The van der Waals surface area contributed by atoms with Crippen molar-refractivity contribution in [3.05, 3.63) is 29.8 Å². The molecule has 1 aliphatic rings. The molecule has 0 amide bonds. The monoisotopic (exact) mass is 363 g/mol. The summed E-state index contributed by atoms with van der Waals surface area (Å²) in [5.41, 5.74) is 0.893. The van der Waals surface area contributed by atoms with Gasteiger partial charge < -0.3 is 9.47 Å². The Kier molecular flexibility index (Phi) is 5.73. The molecule has 7 heteroatoms. The van der Waals surface area contributed by atoms with Crippen LogP contribution in [-0.4, -0.2) is 43.7 Å². The van der Waals surface area contributed by atoms with Crippen LogP contribution in [0.2, 0.25) is 0 Å². The van der Waals surface area contributed by atoms with E-state index in [0.29, 0.717) is 37.1 Å². The van der Waals surface area contributed by atoms with Crippen molar-refractivity contribution in [2.75, 3.05) is 24.7 Å². The molecule has 3 rings (SSSR count). The van der Waals surface area contributed by atoms with Gasteiger partial charge in [0.25, 0.3) is 0 Å². The van der Waals surface area contributed by atoms with Gasteiger partial charge in [0.15, 0.2) is 17.3 Å². The van der Waals surface area contributed by atoms with Crippen LogP contribution in [0, 0.1) is 5.92 Å². The van der Waals surface area contributed by atoms with E-state index in [4.69, 9.17) is 14.5 Å². The van der Waals surface area contributed by atoms with E-state index in [9.17, 15) is 4.21 Å². The summed E-state index contributed by atoms with van der Waals surface area (Å²) in [6.45, 7) is 7.36. The molecule has 1 aromatic carbocycles. The molecule has 0 aliphatic carbocycles. The second-order valence-corrected chi connectivity index (χ2v) is 8.33. The molecular weight excluding hydrogens is 338 g/mol. The number of fused-ring (bicyclic) bond motifs is 1. The van der Waals surface area contributed by atoms with Gasteiger partial charge in [-0.2, -0.15) is 5.10 Å². The van der Waals surface area contributed by atoms with Gasteiger partial charge in [-0.1, -0.05) is 20.8 Å². The quantitative estimate of drug-likeness (QED) is 0.756. The lowest BCUT2D eigenvalue weighted by Crippen LogP contribution is -2.16. The van der Waals surface area contributed by atoms with Crippen molar-refractivity contribution < 1.29 is 13.7 Å². The van der Waals surface area contributed by atoms with Gasteiger partial charge in [0.2, 0.25) is 0 Å². The third-order valence-electron chi connectivity index (χ3n) is 3.95. The van der Waals surface area contributed by atoms with E-state index in [1.165, 1.54) is 0 Å². The maximum absolute atomic E-state index is 11.8. The molecule has 25 heavy (non-hydrogen) atoms. The predicted molar refractivity (Wildman–Crippen MR) is 98.1 cm³/mol. The van der Waals surface area contributed by atoms with Crippen molar-refractivity contribution in [3.63, 3.8) is 0 Å².